The van der Waals surface area contributed by atoms with E-state index in [4.69, 9.17) is 16.3 Å². The number of halogens is 1. The van der Waals surface area contributed by atoms with E-state index in [1.54, 1.807) is 7.11 Å². The number of hydrogen-bond donors (Lipinski definition) is 0. The van der Waals surface area contributed by atoms with Gasteiger partial charge in [0.05, 0.1) is 24.0 Å². The third-order valence-corrected chi connectivity index (χ3v) is 3.94. The van der Waals surface area contributed by atoms with Crippen LogP contribution in [0.2, 0.25) is 0 Å². The van der Waals surface area contributed by atoms with Crippen LogP contribution >= 0.6 is 11.6 Å². The molecule has 0 aliphatic heterocycles. The average molecular weight is 301 g/mol. The lowest BCUT2D eigenvalue weighted by molar-refractivity contribution is 0.411. The third kappa shape index (κ3) is 2.28. The second-order valence-electron chi connectivity index (χ2n) is 5.09. The molecule has 0 spiro atoms. The van der Waals surface area contributed by atoms with Crippen LogP contribution in [0.1, 0.15) is 17.0 Å². The van der Waals surface area contributed by atoms with E-state index < -0.39 is 0 Å². The number of para-hydroxylation sites is 1. The zero-order chi connectivity index (χ0) is 15.0. The van der Waals surface area contributed by atoms with Crippen LogP contribution in [0.4, 0.5) is 0 Å². The highest BCUT2D eigenvalue weighted by molar-refractivity contribution is 6.17. The van der Waals surface area contributed by atoms with Gasteiger partial charge in [-0.3, -0.25) is 4.57 Å². The Kier molecular flexibility index (Phi) is 3.60. The minimum atomic E-state index is 0.374. The van der Waals surface area contributed by atoms with Crippen molar-refractivity contribution in [3.63, 3.8) is 0 Å². The van der Waals surface area contributed by atoms with Crippen LogP contribution in [0.5, 0.6) is 5.75 Å². The van der Waals surface area contributed by atoms with Crippen LogP contribution in [0.25, 0.3) is 16.7 Å². The van der Waals surface area contributed by atoms with E-state index in [1.807, 2.05) is 31.2 Å². The Morgan fingerprint density at radius 2 is 1.95 bits per heavy atom. The van der Waals surface area contributed by atoms with E-state index in [0.717, 1.165) is 33.9 Å². The number of imidazole rings is 1. The first kappa shape index (κ1) is 14.0. The minimum Gasteiger partial charge on any atom is -0.496 e. The van der Waals surface area contributed by atoms with E-state index in [1.165, 1.54) is 5.56 Å². The Hall–Kier alpha value is -2.00. The van der Waals surface area contributed by atoms with Crippen LogP contribution in [-0.2, 0) is 5.88 Å². The summed E-state index contributed by atoms with van der Waals surface area (Å²) < 4.78 is 7.46. The number of fused-ring (bicyclic) bond motifs is 1. The molecule has 3 rings (SSSR count). The Bertz CT molecular complexity index is 808. The van der Waals surface area contributed by atoms with E-state index in [9.17, 15) is 0 Å². The fourth-order valence-electron chi connectivity index (χ4n) is 2.71. The summed E-state index contributed by atoms with van der Waals surface area (Å²) in [4.78, 5) is 4.64. The lowest BCUT2D eigenvalue weighted by atomic mass is 10.1. The molecule has 0 saturated carbocycles. The second-order valence-corrected chi connectivity index (χ2v) is 5.36. The molecule has 0 saturated heterocycles. The summed E-state index contributed by atoms with van der Waals surface area (Å²) >= 11 is 6.10. The predicted octanol–water partition coefficient (Wildman–Crippen LogP) is 4.39. The van der Waals surface area contributed by atoms with Crippen LogP contribution in [0.3, 0.4) is 0 Å². The molecule has 0 bridgehead atoms. The molecule has 0 atom stereocenters. The molecular weight excluding hydrogens is 284 g/mol. The molecule has 21 heavy (non-hydrogen) atoms. The summed E-state index contributed by atoms with van der Waals surface area (Å²) in [7, 11) is 1.68. The number of methoxy groups -OCH3 is 1. The molecule has 0 aliphatic carbocycles. The van der Waals surface area contributed by atoms with Crippen molar-refractivity contribution in [2.24, 2.45) is 0 Å². The van der Waals surface area contributed by atoms with Gasteiger partial charge in [0.25, 0.3) is 0 Å². The summed E-state index contributed by atoms with van der Waals surface area (Å²) in [5, 5.41) is 0. The first-order valence-corrected chi connectivity index (χ1v) is 7.37. The first-order chi connectivity index (χ1) is 10.2. The van der Waals surface area contributed by atoms with Gasteiger partial charge in [0.2, 0.25) is 0 Å². The van der Waals surface area contributed by atoms with Gasteiger partial charge < -0.3 is 4.74 Å². The number of alkyl halides is 1. The molecule has 0 amide bonds. The van der Waals surface area contributed by atoms with Crippen LogP contribution in [0.15, 0.2) is 36.4 Å². The zero-order valence-electron chi connectivity index (χ0n) is 12.4. The maximum absolute atomic E-state index is 6.10. The fourth-order valence-corrected chi connectivity index (χ4v) is 2.89. The van der Waals surface area contributed by atoms with E-state index in [2.05, 4.69) is 28.6 Å². The van der Waals surface area contributed by atoms with Gasteiger partial charge in [-0.15, -0.1) is 11.6 Å². The molecule has 108 valence electrons. The smallest absolute Gasteiger partial charge is 0.129 e. The van der Waals surface area contributed by atoms with E-state index in [0.29, 0.717) is 5.88 Å². The van der Waals surface area contributed by atoms with Crippen molar-refractivity contribution in [2.45, 2.75) is 19.7 Å². The molecule has 0 radical (unpaired) electrons. The summed E-state index contributed by atoms with van der Waals surface area (Å²) in [6, 6.07) is 12.2. The number of ether oxygens (including phenoxy) is 1. The highest BCUT2D eigenvalue weighted by Crippen LogP contribution is 2.28. The van der Waals surface area contributed by atoms with Gasteiger partial charge in [0.15, 0.2) is 0 Å². The highest BCUT2D eigenvalue weighted by atomic mass is 35.5. The van der Waals surface area contributed by atoms with E-state index in [-0.39, 0.29) is 0 Å². The quantitative estimate of drug-likeness (QED) is 0.671. The van der Waals surface area contributed by atoms with Gasteiger partial charge in [-0.1, -0.05) is 12.1 Å². The number of benzene rings is 2. The Morgan fingerprint density at radius 3 is 2.62 bits per heavy atom. The number of rotatable bonds is 3. The molecule has 0 unspecified atom stereocenters. The van der Waals surface area contributed by atoms with Crippen LogP contribution in [0, 0.1) is 13.8 Å². The monoisotopic (exact) mass is 300 g/mol. The maximum Gasteiger partial charge on any atom is 0.129 e. The van der Waals surface area contributed by atoms with Crippen LogP contribution < -0.4 is 4.74 Å². The standard InChI is InChI=1S/C17H17ClN2O/c1-11-5-4-6-14-17(11)20(16(10-18)19-14)13-7-8-15(21-3)12(2)9-13/h4-9H,10H2,1-3H3. The van der Waals surface area contributed by atoms with Crippen LogP contribution in [-0.4, -0.2) is 16.7 Å². The van der Waals surface area contributed by atoms with Crippen molar-refractivity contribution in [1.82, 2.24) is 9.55 Å². The SMILES string of the molecule is COc1ccc(-n2c(CCl)nc3cccc(C)c32)cc1C. The van der Waals surface area contributed by atoms with Gasteiger partial charge in [-0.05, 0) is 49.2 Å². The molecule has 0 aliphatic rings. The maximum atomic E-state index is 6.10. The third-order valence-electron chi connectivity index (χ3n) is 3.70. The molecular formula is C17H17ClN2O. The minimum absolute atomic E-state index is 0.374. The zero-order valence-corrected chi connectivity index (χ0v) is 13.1. The molecule has 2 aromatic carbocycles. The van der Waals surface area contributed by atoms with Crippen molar-refractivity contribution in [1.29, 1.82) is 0 Å². The molecule has 0 fully saturated rings. The summed E-state index contributed by atoms with van der Waals surface area (Å²) in [6.45, 7) is 4.13. The number of aryl methyl sites for hydroxylation is 2. The summed E-state index contributed by atoms with van der Waals surface area (Å²) in [5.74, 6) is 2.11. The lowest BCUT2D eigenvalue weighted by Gasteiger charge is -2.12. The van der Waals surface area contributed by atoms with Gasteiger partial charge in [0, 0.05) is 5.69 Å². The summed E-state index contributed by atoms with van der Waals surface area (Å²) in [6.07, 6.45) is 0. The molecule has 0 N–H and O–H groups in total. The Labute approximate surface area is 129 Å². The number of nitrogens with zero attached hydrogens (tertiary/aromatic N) is 2. The first-order valence-electron chi connectivity index (χ1n) is 6.83. The normalized spacial score (nSPS) is 11.0. The molecule has 4 heteroatoms. The number of hydrogen-bond acceptors (Lipinski definition) is 2. The van der Waals surface area contributed by atoms with Crippen molar-refractivity contribution in [3.8, 4) is 11.4 Å². The van der Waals surface area contributed by atoms with Crippen molar-refractivity contribution >= 4 is 22.6 Å². The molecule has 1 heterocycles. The van der Waals surface area contributed by atoms with Gasteiger partial charge >= 0.3 is 0 Å². The lowest BCUT2D eigenvalue weighted by Crippen LogP contribution is -2.01. The van der Waals surface area contributed by atoms with Crippen molar-refractivity contribution in [3.05, 3.63) is 53.3 Å². The van der Waals surface area contributed by atoms with Crippen molar-refractivity contribution < 1.29 is 4.74 Å². The summed E-state index contributed by atoms with van der Waals surface area (Å²) in [5.41, 5.74) is 5.41. The van der Waals surface area contributed by atoms with Gasteiger partial charge in [0.1, 0.15) is 11.6 Å². The topological polar surface area (TPSA) is 27.1 Å². The van der Waals surface area contributed by atoms with Gasteiger partial charge in [-0.2, -0.15) is 0 Å². The second kappa shape index (κ2) is 5.41. The predicted molar refractivity (Wildman–Crippen MR) is 86.7 cm³/mol. The highest BCUT2D eigenvalue weighted by Gasteiger charge is 2.14. The largest absolute Gasteiger partial charge is 0.496 e. The molecule has 3 nitrogen and oxygen atoms in total. The van der Waals surface area contributed by atoms with Crippen molar-refractivity contribution in [2.75, 3.05) is 7.11 Å². The fraction of sp³-hybridized carbons (Fsp3) is 0.235. The average Bonchev–Trinajstić information content (AvgIpc) is 2.87. The Balaban J connectivity index is 2.30. The molecule has 3 aromatic rings. The van der Waals surface area contributed by atoms with Gasteiger partial charge in [-0.25, -0.2) is 4.98 Å². The molecule has 1 aromatic heterocycles. The Morgan fingerprint density at radius 1 is 1.14 bits per heavy atom. The van der Waals surface area contributed by atoms with E-state index >= 15 is 0 Å². The number of aromatic nitrogens is 2.